The summed E-state index contributed by atoms with van der Waals surface area (Å²) in [6, 6.07) is 1.80. The normalized spacial score (nSPS) is 11.4. The minimum absolute atomic E-state index is 0.182. The third-order valence-electron chi connectivity index (χ3n) is 2.08. The Morgan fingerprint density at radius 2 is 2.06 bits per heavy atom. The molecule has 1 N–H and O–H groups in total. The predicted octanol–water partition coefficient (Wildman–Crippen LogP) is 2.02. The lowest BCUT2D eigenvalue weighted by atomic mass is 10.1. The van der Waals surface area contributed by atoms with Crippen molar-refractivity contribution < 1.29 is 9.47 Å². The maximum atomic E-state index is 5.38. The number of anilines is 1. The number of nitrogens with one attached hydrogen (secondary N) is 1. The average molecular weight is 239 g/mol. The van der Waals surface area contributed by atoms with Gasteiger partial charge < -0.3 is 14.8 Å². The zero-order valence-electron chi connectivity index (χ0n) is 11.2. The number of nitrogens with zero attached hydrogens (tertiary/aromatic N) is 2. The van der Waals surface area contributed by atoms with Gasteiger partial charge in [0.05, 0.1) is 18.8 Å². The fourth-order valence-corrected chi connectivity index (χ4v) is 1.57. The van der Waals surface area contributed by atoms with Crippen LogP contribution in [0.3, 0.4) is 0 Å². The molecule has 96 valence electrons. The average Bonchev–Trinajstić information content (AvgIpc) is 2.15. The minimum Gasteiger partial charge on any atom is -0.478 e. The zero-order valence-corrected chi connectivity index (χ0v) is 11.2. The highest BCUT2D eigenvalue weighted by molar-refractivity contribution is 5.40. The number of rotatable bonds is 6. The molecule has 0 fully saturated rings. The Balaban J connectivity index is 2.83. The zero-order chi connectivity index (χ0) is 12.9. The van der Waals surface area contributed by atoms with E-state index in [1.807, 2.05) is 27.7 Å². The van der Waals surface area contributed by atoms with Crippen LogP contribution in [-0.4, -0.2) is 35.8 Å². The van der Waals surface area contributed by atoms with Gasteiger partial charge in [-0.1, -0.05) is 0 Å². The van der Waals surface area contributed by atoms with Gasteiger partial charge in [0.1, 0.15) is 11.6 Å². The number of methoxy groups -OCH3 is 1. The lowest BCUT2D eigenvalue weighted by Crippen LogP contribution is -2.36. The summed E-state index contributed by atoms with van der Waals surface area (Å²) in [5.41, 5.74) is -0.182. The van der Waals surface area contributed by atoms with Crippen molar-refractivity contribution in [2.45, 2.75) is 33.2 Å². The summed E-state index contributed by atoms with van der Waals surface area (Å²) in [5.74, 6) is 2.03. The monoisotopic (exact) mass is 239 g/mol. The van der Waals surface area contributed by atoms with Crippen LogP contribution in [0.1, 0.15) is 26.6 Å². The van der Waals surface area contributed by atoms with E-state index in [9.17, 15) is 0 Å². The first-order valence-electron chi connectivity index (χ1n) is 5.72. The molecule has 5 heteroatoms. The molecule has 0 amide bonds. The van der Waals surface area contributed by atoms with E-state index in [1.165, 1.54) is 0 Å². The summed E-state index contributed by atoms with van der Waals surface area (Å²) >= 11 is 0. The van der Waals surface area contributed by atoms with Gasteiger partial charge in [-0.3, -0.25) is 0 Å². The van der Waals surface area contributed by atoms with Crippen molar-refractivity contribution in [3.8, 4) is 5.88 Å². The van der Waals surface area contributed by atoms with Gasteiger partial charge in [0, 0.05) is 13.2 Å². The highest BCUT2D eigenvalue weighted by atomic mass is 16.5. The fraction of sp³-hybridized carbons (Fsp3) is 0.667. The molecule has 0 spiro atoms. The van der Waals surface area contributed by atoms with E-state index in [1.54, 1.807) is 13.2 Å². The minimum atomic E-state index is -0.182. The van der Waals surface area contributed by atoms with E-state index in [4.69, 9.17) is 9.47 Å². The molecular formula is C12H21N3O2. The van der Waals surface area contributed by atoms with Crippen LogP contribution in [0.15, 0.2) is 6.07 Å². The topological polar surface area (TPSA) is 56.3 Å². The first-order valence-corrected chi connectivity index (χ1v) is 5.72. The highest BCUT2D eigenvalue weighted by Crippen LogP contribution is 2.17. The molecule has 0 unspecified atom stereocenters. The Hall–Kier alpha value is -1.36. The molecule has 0 bridgehead atoms. The van der Waals surface area contributed by atoms with Crippen LogP contribution in [0.2, 0.25) is 0 Å². The number of aromatic nitrogens is 2. The van der Waals surface area contributed by atoms with Crippen LogP contribution in [0.4, 0.5) is 5.82 Å². The Morgan fingerprint density at radius 3 is 2.65 bits per heavy atom. The van der Waals surface area contributed by atoms with Gasteiger partial charge in [-0.05, 0) is 27.7 Å². The van der Waals surface area contributed by atoms with Gasteiger partial charge in [-0.2, -0.15) is 4.98 Å². The van der Waals surface area contributed by atoms with Crippen molar-refractivity contribution in [3.63, 3.8) is 0 Å². The molecule has 0 aliphatic heterocycles. The molecular weight excluding hydrogens is 218 g/mol. The molecule has 0 radical (unpaired) electrons. The van der Waals surface area contributed by atoms with Crippen molar-refractivity contribution in [2.24, 2.45) is 0 Å². The molecule has 5 nitrogen and oxygen atoms in total. The molecule has 1 aromatic heterocycles. The summed E-state index contributed by atoms with van der Waals surface area (Å²) in [4.78, 5) is 8.52. The van der Waals surface area contributed by atoms with Gasteiger partial charge in [-0.15, -0.1) is 0 Å². The van der Waals surface area contributed by atoms with Crippen molar-refractivity contribution in [1.82, 2.24) is 9.97 Å². The van der Waals surface area contributed by atoms with Crippen LogP contribution in [-0.2, 0) is 4.74 Å². The summed E-state index contributed by atoms with van der Waals surface area (Å²) < 4.78 is 10.5. The summed E-state index contributed by atoms with van der Waals surface area (Å²) in [5, 5.41) is 3.30. The lowest BCUT2D eigenvalue weighted by Gasteiger charge is -2.26. The predicted molar refractivity (Wildman–Crippen MR) is 67.5 cm³/mol. The number of ether oxygens (including phenoxy) is 2. The van der Waals surface area contributed by atoms with Crippen LogP contribution in [0, 0.1) is 6.92 Å². The molecule has 0 saturated carbocycles. The Labute approximate surface area is 103 Å². The van der Waals surface area contributed by atoms with E-state index >= 15 is 0 Å². The van der Waals surface area contributed by atoms with Crippen molar-refractivity contribution in [1.29, 1.82) is 0 Å². The van der Waals surface area contributed by atoms with Crippen molar-refractivity contribution >= 4 is 5.82 Å². The Morgan fingerprint density at radius 1 is 1.35 bits per heavy atom. The van der Waals surface area contributed by atoms with E-state index in [0.29, 0.717) is 24.9 Å². The first kappa shape index (κ1) is 13.7. The third kappa shape index (κ3) is 4.56. The van der Waals surface area contributed by atoms with Gasteiger partial charge >= 0.3 is 0 Å². The summed E-state index contributed by atoms with van der Waals surface area (Å²) in [7, 11) is 1.68. The molecule has 0 aliphatic rings. The molecule has 1 rings (SSSR count). The Bertz CT molecular complexity index is 367. The summed E-state index contributed by atoms with van der Waals surface area (Å²) in [6.45, 7) is 9.07. The molecule has 0 aromatic carbocycles. The quantitative estimate of drug-likeness (QED) is 0.823. The standard InChI is InChI=1S/C12H21N3O2/c1-6-17-11-7-10(13-9(2)14-11)15-12(3,4)8-16-5/h7H,6,8H2,1-5H3,(H,13,14,15). The molecule has 0 saturated heterocycles. The van der Waals surface area contributed by atoms with E-state index < -0.39 is 0 Å². The number of aryl methyl sites for hydroxylation is 1. The van der Waals surface area contributed by atoms with Crippen LogP contribution < -0.4 is 10.1 Å². The second-order valence-electron chi connectivity index (χ2n) is 4.51. The fourth-order valence-electron chi connectivity index (χ4n) is 1.57. The molecule has 0 aliphatic carbocycles. The Kier molecular flexibility index (Phi) is 4.69. The summed E-state index contributed by atoms with van der Waals surface area (Å²) in [6.07, 6.45) is 0. The van der Waals surface area contributed by atoms with Gasteiger partial charge in [0.15, 0.2) is 0 Å². The van der Waals surface area contributed by atoms with E-state index in [-0.39, 0.29) is 5.54 Å². The van der Waals surface area contributed by atoms with E-state index in [2.05, 4.69) is 15.3 Å². The molecule has 0 atom stereocenters. The van der Waals surface area contributed by atoms with Gasteiger partial charge in [-0.25, -0.2) is 4.98 Å². The largest absolute Gasteiger partial charge is 0.478 e. The van der Waals surface area contributed by atoms with Gasteiger partial charge in [0.2, 0.25) is 5.88 Å². The maximum absolute atomic E-state index is 5.38. The number of hydrogen-bond donors (Lipinski definition) is 1. The van der Waals surface area contributed by atoms with Crippen molar-refractivity contribution in [2.75, 3.05) is 25.6 Å². The SMILES string of the molecule is CCOc1cc(NC(C)(C)COC)nc(C)n1. The number of hydrogen-bond acceptors (Lipinski definition) is 5. The molecule has 1 heterocycles. The second-order valence-corrected chi connectivity index (χ2v) is 4.51. The third-order valence-corrected chi connectivity index (χ3v) is 2.08. The second kappa shape index (κ2) is 5.82. The molecule has 17 heavy (non-hydrogen) atoms. The van der Waals surface area contributed by atoms with Crippen LogP contribution in [0.5, 0.6) is 5.88 Å². The van der Waals surface area contributed by atoms with Crippen LogP contribution >= 0.6 is 0 Å². The van der Waals surface area contributed by atoms with Gasteiger partial charge in [0.25, 0.3) is 0 Å². The highest BCUT2D eigenvalue weighted by Gasteiger charge is 2.18. The van der Waals surface area contributed by atoms with E-state index in [0.717, 1.165) is 5.82 Å². The molecule has 1 aromatic rings. The smallest absolute Gasteiger partial charge is 0.218 e. The lowest BCUT2D eigenvalue weighted by molar-refractivity contribution is 0.158. The first-order chi connectivity index (χ1) is 7.96. The van der Waals surface area contributed by atoms with Crippen molar-refractivity contribution in [3.05, 3.63) is 11.9 Å². The van der Waals surface area contributed by atoms with Crippen LogP contribution in [0.25, 0.3) is 0 Å². The maximum Gasteiger partial charge on any atom is 0.218 e.